The fourth-order valence-electron chi connectivity index (χ4n) is 2.81. The van der Waals surface area contributed by atoms with Gasteiger partial charge < -0.3 is 16.2 Å². The van der Waals surface area contributed by atoms with Gasteiger partial charge in [0.1, 0.15) is 4.70 Å². The molecule has 4 N–H and O–H groups in total. The number of aliphatic hydroxyl groups is 1. The van der Waals surface area contributed by atoms with Gasteiger partial charge >= 0.3 is 0 Å². The fraction of sp³-hybridized carbons (Fsp3) is 0.722. The summed E-state index contributed by atoms with van der Waals surface area (Å²) in [7, 11) is 0. The summed E-state index contributed by atoms with van der Waals surface area (Å²) in [5.41, 5.74) is 6.53. The molecule has 2 aromatic rings. The molecule has 0 bridgehead atoms. The van der Waals surface area contributed by atoms with Crippen molar-refractivity contribution in [3.8, 4) is 0 Å². The van der Waals surface area contributed by atoms with E-state index in [4.69, 9.17) is 10.7 Å². The van der Waals surface area contributed by atoms with Crippen LogP contribution in [-0.2, 0) is 0 Å². The second-order valence-corrected chi connectivity index (χ2v) is 10.4. The Balaban J connectivity index is 2.32. The summed E-state index contributed by atoms with van der Waals surface area (Å²) in [5, 5.41) is 14.3. The van der Waals surface area contributed by atoms with Gasteiger partial charge in [0.05, 0.1) is 12.6 Å². The quantitative estimate of drug-likeness (QED) is 0.400. The highest BCUT2D eigenvalue weighted by Gasteiger charge is 2.23. The number of thioether (sulfide) groups is 1. The standard InChI is InChI=1S/C18H31N5OS2/c1-6-7-8-18(4,5)26-17-22-14(20-12(10-24)9-11(2)3)13-15(23-17)21-16(19)25-13/h11-12,24H,6-10H2,1-5H3,(H3,19,20,21,22,23)/t12-/m1/s1. The summed E-state index contributed by atoms with van der Waals surface area (Å²) < 4.78 is 0.900. The van der Waals surface area contributed by atoms with Gasteiger partial charge in [-0.05, 0) is 18.8 Å². The Bertz CT molecular complexity index is 717. The second-order valence-electron chi connectivity index (χ2n) is 7.68. The third-order valence-corrected chi connectivity index (χ3v) is 6.07. The van der Waals surface area contributed by atoms with E-state index >= 15 is 0 Å². The van der Waals surface area contributed by atoms with Crippen molar-refractivity contribution in [3.05, 3.63) is 0 Å². The largest absolute Gasteiger partial charge is 0.394 e. The predicted molar refractivity (Wildman–Crippen MR) is 113 cm³/mol. The maximum Gasteiger partial charge on any atom is 0.192 e. The van der Waals surface area contributed by atoms with Crippen molar-refractivity contribution in [3.63, 3.8) is 0 Å². The molecule has 0 fully saturated rings. The minimum Gasteiger partial charge on any atom is -0.394 e. The van der Waals surface area contributed by atoms with Crippen LogP contribution in [0.1, 0.15) is 60.3 Å². The lowest BCUT2D eigenvalue weighted by molar-refractivity contribution is 0.259. The van der Waals surface area contributed by atoms with Gasteiger partial charge in [-0.2, -0.15) is 0 Å². The number of nitrogen functional groups attached to an aromatic ring is 1. The van der Waals surface area contributed by atoms with E-state index in [1.807, 2.05) is 0 Å². The maximum absolute atomic E-state index is 9.72. The Morgan fingerprint density at radius 1 is 1.27 bits per heavy atom. The van der Waals surface area contributed by atoms with E-state index in [-0.39, 0.29) is 17.4 Å². The van der Waals surface area contributed by atoms with E-state index in [2.05, 4.69) is 49.9 Å². The normalized spacial score (nSPS) is 13.5. The Kier molecular flexibility index (Phi) is 7.49. The second kappa shape index (κ2) is 9.19. The molecule has 0 aliphatic rings. The number of fused-ring (bicyclic) bond motifs is 1. The molecule has 0 spiro atoms. The first-order chi connectivity index (χ1) is 12.2. The molecule has 0 aliphatic heterocycles. The number of rotatable bonds is 10. The number of aliphatic hydroxyl groups excluding tert-OH is 1. The van der Waals surface area contributed by atoms with Gasteiger partial charge in [-0.25, -0.2) is 15.0 Å². The molecule has 8 heteroatoms. The number of hydrogen-bond acceptors (Lipinski definition) is 8. The van der Waals surface area contributed by atoms with Gasteiger partial charge in [-0.1, -0.05) is 70.6 Å². The van der Waals surface area contributed by atoms with E-state index in [1.165, 1.54) is 24.2 Å². The topological polar surface area (TPSA) is 97.0 Å². The van der Waals surface area contributed by atoms with Crippen LogP contribution in [-0.4, -0.2) is 37.5 Å². The first kappa shape index (κ1) is 21.2. The van der Waals surface area contributed by atoms with Crippen LogP contribution >= 0.6 is 23.1 Å². The smallest absolute Gasteiger partial charge is 0.192 e. The molecular weight excluding hydrogens is 366 g/mol. The fourth-order valence-corrected chi connectivity index (χ4v) is 4.54. The number of nitrogens with one attached hydrogen (secondary N) is 1. The van der Waals surface area contributed by atoms with Crippen molar-refractivity contribution in [2.24, 2.45) is 5.92 Å². The van der Waals surface area contributed by atoms with E-state index in [9.17, 15) is 5.11 Å². The monoisotopic (exact) mass is 397 g/mol. The highest BCUT2D eigenvalue weighted by molar-refractivity contribution is 8.00. The lowest BCUT2D eigenvalue weighted by atomic mass is 10.0. The highest BCUT2D eigenvalue weighted by Crippen LogP contribution is 2.37. The third kappa shape index (κ3) is 5.96. The molecule has 0 amide bonds. The molecule has 26 heavy (non-hydrogen) atoms. The molecule has 0 unspecified atom stereocenters. The molecule has 2 aromatic heterocycles. The average molecular weight is 398 g/mol. The van der Waals surface area contributed by atoms with E-state index in [0.29, 0.717) is 21.9 Å². The van der Waals surface area contributed by atoms with E-state index < -0.39 is 0 Å². The molecule has 146 valence electrons. The highest BCUT2D eigenvalue weighted by atomic mass is 32.2. The summed E-state index contributed by atoms with van der Waals surface area (Å²) in [5.74, 6) is 1.20. The van der Waals surface area contributed by atoms with Crippen molar-refractivity contribution in [1.82, 2.24) is 15.0 Å². The van der Waals surface area contributed by atoms with E-state index in [1.54, 1.807) is 11.8 Å². The summed E-state index contributed by atoms with van der Waals surface area (Å²) in [6.45, 7) is 11.0. The van der Waals surface area contributed by atoms with E-state index in [0.717, 1.165) is 23.4 Å². The minimum atomic E-state index is -0.0534. The molecule has 0 aromatic carbocycles. The first-order valence-corrected chi connectivity index (χ1v) is 10.9. The van der Waals surface area contributed by atoms with Crippen LogP contribution in [0.15, 0.2) is 5.16 Å². The Morgan fingerprint density at radius 3 is 2.62 bits per heavy atom. The molecule has 1 atom stereocenters. The molecule has 0 radical (unpaired) electrons. The van der Waals surface area contributed by atoms with Gasteiger partial charge in [0.15, 0.2) is 21.8 Å². The zero-order chi connectivity index (χ0) is 19.3. The van der Waals surface area contributed by atoms with Crippen LogP contribution in [0.4, 0.5) is 10.9 Å². The van der Waals surface area contributed by atoms with Crippen molar-refractivity contribution in [2.75, 3.05) is 17.7 Å². The van der Waals surface area contributed by atoms with Crippen molar-refractivity contribution < 1.29 is 5.11 Å². The van der Waals surface area contributed by atoms with Gasteiger partial charge in [0.25, 0.3) is 0 Å². The van der Waals surface area contributed by atoms with Gasteiger partial charge in [0, 0.05) is 4.75 Å². The summed E-state index contributed by atoms with van der Waals surface area (Å²) in [6, 6.07) is -0.0534. The number of unbranched alkanes of at least 4 members (excludes halogenated alkanes) is 1. The minimum absolute atomic E-state index is 0.0524. The van der Waals surface area contributed by atoms with Gasteiger partial charge in [-0.3, -0.25) is 0 Å². The third-order valence-electron chi connectivity index (χ3n) is 4.07. The Morgan fingerprint density at radius 2 is 2.00 bits per heavy atom. The SMILES string of the molecule is CCCCC(C)(C)Sc1nc(N[C@@H](CO)CC(C)C)c2sc(N)nc2n1. The predicted octanol–water partition coefficient (Wildman–Crippen LogP) is 4.55. The molecule has 0 saturated heterocycles. The van der Waals surface area contributed by atoms with Crippen LogP contribution in [0.2, 0.25) is 0 Å². The van der Waals surface area contributed by atoms with Crippen molar-refractivity contribution in [1.29, 1.82) is 0 Å². The molecule has 2 heterocycles. The van der Waals surface area contributed by atoms with Crippen molar-refractivity contribution in [2.45, 2.75) is 76.2 Å². The summed E-state index contributed by atoms with van der Waals surface area (Å²) in [4.78, 5) is 13.7. The van der Waals surface area contributed by atoms with Crippen molar-refractivity contribution >= 4 is 44.4 Å². The summed E-state index contributed by atoms with van der Waals surface area (Å²) in [6.07, 6.45) is 4.32. The number of anilines is 2. The van der Waals surface area contributed by atoms with Crippen LogP contribution in [0.3, 0.4) is 0 Å². The maximum atomic E-state index is 9.72. The number of nitrogens with two attached hydrogens (primary N) is 1. The van der Waals surface area contributed by atoms with Gasteiger partial charge in [-0.15, -0.1) is 0 Å². The zero-order valence-electron chi connectivity index (χ0n) is 16.4. The average Bonchev–Trinajstić information content (AvgIpc) is 2.92. The van der Waals surface area contributed by atoms with Crippen LogP contribution in [0.5, 0.6) is 0 Å². The Labute approximate surface area is 164 Å². The zero-order valence-corrected chi connectivity index (χ0v) is 18.0. The molecule has 0 aliphatic carbocycles. The molecule has 2 rings (SSSR count). The van der Waals surface area contributed by atoms with Crippen LogP contribution < -0.4 is 11.1 Å². The van der Waals surface area contributed by atoms with Gasteiger partial charge in [0.2, 0.25) is 0 Å². The Hall–Kier alpha value is -1.12. The number of hydrogen-bond donors (Lipinski definition) is 3. The molecule has 0 saturated carbocycles. The van der Waals surface area contributed by atoms with Crippen LogP contribution in [0, 0.1) is 5.92 Å². The van der Waals surface area contributed by atoms with Crippen LogP contribution in [0.25, 0.3) is 10.3 Å². The molecule has 6 nitrogen and oxygen atoms in total. The first-order valence-electron chi connectivity index (χ1n) is 9.24. The number of thiazole rings is 1. The molecular formula is C18H31N5OS2. The lowest BCUT2D eigenvalue weighted by Crippen LogP contribution is -2.26. The number of aromatic nitrogens is 3. The number of nitrogens with zero attached hydrogens (tertiary/aromatic N) is 3. The lowest BCUT2D eigenvalue weighted by Gasteiger charge is -2.23. The summed E-state index contributed by atoms with van der Waals surface area (Å²) >= 11 is 3.05.